The van der Waals surface area contributed by atoms with Crippen LogP contribution in [0, 0.1) is 0 Å². The second-order valence-corrected chi connectivity index (χ2v) is 7.77. The molecule has 2 aromatic carbocycles. The molecule has 0 aliphatic rings. The van der Waals surface area contributed by atoms with Crippen LogP contribution in [0.5, 0.6) is 0 Å². The molecule has 7 nitrogen and oxygen atoms in total. The largest absolute Gasteiger partial charge is 0.351 e. The minimum absolute atomic E-state index is 0.0463. The molecule has 26 heavy (non-hydrogen) atoms. The number of benzene rings is 2. The number of carbonyl (C=O) groups is 2. The molecule has 0 heterocycles. The Hall–Kier alpha value is -2.71. The maximum Gasteiger partial charge on any atom is 0.243 e. The van der Waals surface area contributed by atoms with Crippen molar-refractivity contribution in [3.63, 3.8) is 0 Å². The van der Waals surface area contributed by atoms with E-state index >= 15 is 0 Å². The van der Waals surface area contributed by atoms with Crippen LogP contribution in [0.3, 0.4) is 0 Å². The summed E-state index contributed by atoms with van der Waals surface area (Å²) in [5.41, 5.74) is 1.43. The predicted octanol–water partition coefficient (Wildman–Crippen LogP) is 1.58. The quantitative estimate of drug-likeness (QED) is 0.768. The van der Waals surface area contributed by atoms with E-state index in [4.69, 9.17) is 0 Å². The van der Waals surface area contributed by atoms with Gasteiger partial charge in [0.15, 0.2) is 0 Å². The van der Waals surface area contributed by atoms with E-state index < -0.39 is 15.9 Å². The van der Waals surface area contributed by atoms with Gasteiger partial charge in [-0.1, -0.05) is 30.3 Å². The van der Waals surface area contributed by atoms with E-state index in [1.54, 1.807) is 0 Å². The summed E-state index contributed by atoms with van der Waals surface area (Å²) in [4.78, 5) is 23.1. The number of amides is 2. The van der Waals surface area contributed by atoms with Crippen LogP contribution < -0.4 is 10.6 Å². The van der Waals surface area contributed by atoms with Crippen LogP contribution in [0.2, 0.25) is 0 Å². The van der Waals surface area contributed by atoms with E-state index in [2.05, 4.69) is 10.6 Å². The molecule has 0 fully saturated rings. The Morgan fingerprint density at radius 3 is 2.19 bits per heavy atom. The number of nitrogens with zero attached hydrogens (tertiary/aromatic N) is 1. The lowest BCUT2D eigenvalue weighted by atomic mass is 10.2. The van der Waals surface area contributed by atoms with Gasteiger partial charge in [-0.15, -0.1) is 0 Å². The maximum absolute atomic E-state index is 12.5. The van der Waals surface area contributed by atoms with Gasteiger partial charge in [0.05, 0.1) is 11.4 Å². The lowest BCUT2D eigenvalue weighted by molar-refractivity contribution is -0.121. The molecule has 0 saturated carbocycles. The van der Waals surface area contributed by atoms with Crippen molar-refractivity contribution >= 4 is 27.5 Å². The fraction of sp³-hybridized carbons (Fsp3) is 0.222. The van der Waals surface area contributed by atoms with Crippen molar-refractivity contribution < 1.29 is 18.0 Å². The van der Waals surface area contributed by atoms with Crippen LogP contribution in [0.4, 0.5) is 5.69 Å². The number of carbonyl (C=O) groups excluding carboxylic acids is 2. The smallest absolute Gasteiger partial charge is 0.243 e. The molecule has 2 N–H and O–H groups in total. The highest BCUT2D eigenvalue weighted by Crippen LogP contribution is 2.17. The summed E-state index contributed by atoms with van der Waals surface area (Å²) >= 11 is 0. The van der Waals surface area contributed by atoms with Gasteiger partial charge in [-0.05, 0) is 29.8 Å². The van der Waals surface area contributed by atoms with Gasteiger partial charge in [-0.3, -0.25) is 9.59 Å². The van der Waals surface area contributed by atoms with E-state index in [0.29, 0.717) is 12.2 Å². The molecule has 8 heteroatoms. The molecule has 0 aliphatic carbocycles. The molecule has 138 valence electrons. The van der Waals surface area contributed by atoms with Gasteiger partial charge in [0.25, 0.3) is 0 Å². The Balaban J connectivity index is 1.97. The first-order valence-corrected chi connectivity index (χ1v) is 9.37. The number of nitrogens with one attached hydrogen (secondary N) is 2. The second-order valence-electron chi connectivity index (χ2n) is 5.73. The van der Waals surface area contributed by atoms with Crippen molar-refractivity contribution in [3.05, 3.63) is 60.2 Å². The highest BCUT2D eigenvalue weighted by Gasteiger charge is 2.22. The topological polar surface area (TPSA) is 95.6 Å². The van der Waals surface area contributed by atoms with E-state index in [1.165, 1.54) is 38.2 Å². The Morgan fingerprint density at radius 2 is 1.62 bits per heavy atom. The molecule has 0 aromatic heterocycles. The van der Waals surface area contributed by atoms with Crippen molar-refractivity contribution in [1.82, 2.24) is 9.62 Å². The third-order valence-corrected chi connectivity index (χ3v) is 5.40. The maximum atomic E-state index is 12.5. The van der Waals surface area contributed by atoms with Crippen molar-refractivity contribution in [2.45, 2.75) is 18.4 Å². The van der Waals surface area contributed by atoms with Gasteiger partial charge in [-0.25, -0.2) is 8.42 Å². The minimum atomic E-state index is -3.80. The summed E-state index contributed by atoms with van der Waals surface area (Å²) in [5.74, 6) is -0.636. The van der Waals surface area contributed by atoms with E-state index in [9.17, 15) is 18.0 Å². The summed E-state index contributed by atoms with van der Waals surface area (Å²) in [7, 11) is -2.46. The molecular weight excluding hydrogens is 354 g/mol. The summed E-state index contributed by atoms with van der Waals surface area (Å²) in [5, 5.41) is 5.26. The fourth-order valence-corrected chi connectivity index (χ4v) is 3.36. The van der Waals surface area contributed by atoms with E-state index in [1.807, 2.05) is 30.3 Å². The lowest BCUT2D eigenvalue weighted by Crippen LogP contribution is -2.38. The van der Waals surface area contributed by atoms with Crippen LogP contribution >= 0.6 is 0 Å². The molecular formula is C18H21N3O4S. The van der Waals surface area contributed by atoms with E-state index in [0.717, 1.165) is 9.87 Å². The molecule has 2 aromatic rings. The molecule has 0 spiro atoms. The zero-order chi connectivity index (χ0) is 19.2. The van der Waals surface area contributed by atoms with Crippen molar-refractivity contribution in [2.75, 3.05) is 18.9 Å². The highest BCUT2D eigenvalue weighted by atomic mass is 32.2. The van der Waals surface area contributed by atoms with Gasteiger partial charge in [0.2, 0.25) is 21.8 Å². The van der Waals surface area contributed by atoms with Crippen molar-refractivity contribution in [2.24, 2.45) is 0 Å². The summed E-state index contributed by atoms with van der Waals surface area (Å²) in [6.45, 7) is 1.41. The summed E-state index contributed by atoms with van der Waals surface area (Å²) in [6.07, 6.45) is 0. The van der Waals surface area contributed by atoms with Crippen molar-refractivity contribution in [1.29, 1.82) is 0 Å². The molecule has 2 rings (SSSR count). The van der Waals surface area contributed by atoms with Gasteiger partial charge < -0.3 is 10.6 Å². The van der Waals surface area contributed by atoms with Crippen LogP contribution in [0.25, 0.3) is 0 Å². The average molecular weight is 375 g/mol. The zero-order valence-electron chi connectivity index (χ0n) is 14.6. The second kappa shape index (κ2) is 8.59. The molecule has 0 aliphatic heterocycles. The van der Waals surface area contributed by atoms with Gasteiger partial charge in [0, 0.05) is 26.2 Å². The normalized spacial score (nSPS) is 11.2. The summed E-state index contributed by atoms with van der Waals surface area (Å²) < 4.78 is 26.1. The Kier molecular flexibility index (Phi) is 6.48. The number of sulfonamides is 1. The standard InChI is InChI=1S/C18H21N3O4S/c1-14(22)20-16-8-10-17(11-9-16)26(24,25)21(2)13-18(23)19-12-15-6-4-3-5-7-15/h3-11H,12-13H2,1-2H3,(H,19,23)(H,20,22). The Labute approximate surface area is 153 Å². The van der Waals surface area contributed by atoms with Crippen LogP contribution in [-0.4, -0.2) is 38.1 Å². The van der Waals surface area contributed by atoms with Crippen molar-refractivity contribution in [3.8, 4) is 0 Å². The number of anilines is 1. The predicted molar refractivity (Wildman–Crippen MR) is 98.9 cm³/mol. The number of hydrogen-bond donors (Lipinski definition) is 2. The first-order valence-electron chi connectivity index (χ1n) is 7.93. The molecule has 0 bridgehead atoms. The van der Waals surface area contributed by atoms with Gasteiger partial charge >= 0.3 is 0 Å². The molecule has 2 amide bonds. The molecule has 0 saturated heterocycles. The van der Waals surface area contributed by atoms with Crippen LogP contribution in [0.15, 0.2) is 59.5 Å². The minimum Gasteiger partial charge on any atom is -0.351 e. The van der Waals surface area contributed by atoms with Gasteiger partial charge in [0.1, 0.15) is 0 Å². The zero-order valence-corrected chi connectivity index (χ0v) is 15.4. The number of likely N-dealkylation sites (N-methyl/N-ethyl adjacent to an activating group) is 1. The molecule has 0 radical (unpaired) electrons. The monoisotopic (exact) mass is 375 g/mol. The first kappa shape index (κ1) is 19.6. The first-order chi connectivity index (χ1) is 12.3. The third-order valence-electron chi connectivity index (χ3n) is 3.58. The average Bonchev–Trinajstić information content (AvgIpc) is 2.61. The molecule has 0 atom stereocenters. The third kappa shape index (κ3) is 5.40. The van der Waals surface area contributed by atoms with E-state index in [-0.39, 0.29) is 17.3 Å². The highest BCUT2D eigenvalue weighted by molar-refractivity contribution is 7.89. The van der Waals surface area contributed by atoms with Crippen LogP contribution in [0.1, 0.15) is 12.5 Å². The fourth-order valence-electron chi connectivity index (χ4n) is 2.23. The summed E-state index contributed by atoms with van der Waals surface area (Å²) in [6, 6.07) is 15.1. The molecule has 0 unspecified atom stereocenters. The number of rotatable bonds is 7. The SMILES string of the molecule is CC(=O)Nc1ccc(S(=O)(=O)N(C)CC(=O)NCc2ccccc2)cc1. The van der Waals surface area contributed by atoms with Gasteiger partial charge in [-0.2, -0.15) is 4.31 Å². The Bertz CT molecular complexity index is 865. The Morgan fingerprint density at radius 1 is 1.00 bits per heavy atom. The lowest BCUT2D eigenvalue weighted by Gasteiger charge is -2.17. The van der Waals surface area contributed by atoms with Crippen LogP contribution in [-0.2, 0) is 26.2 Å². The number of hydrogen-bond acceptors (Lipinski definition) is 4.